The second kappa shape index (κ2) is 4.54. The zero-order valence-corrected chi connectivity index (χ0v) is 12.5. The van der Waals surface area contributed by atoms with Crippen LogP contribution in [0.3, 0.4) is 0 Å². The van der Waals surface area contributed by atoms with Crippen molar-refractivity contribution < 1.29 is 4.43 Å². The van der Waals surface area contributed by atoms with Crippen molar-refractivity contribution in [2.45, 2.75) is 52.8 Å². The summed E-state index contributed by atoms with van der Waals surface area (Å²) in [4.78, 5) is 0. The van der Waals surface area contributed by atoms with Gasteiger partial charge in [0.2, 0.25) is 0 Å². The maximum atomic E-state index is 6.10. The summed E-state index contributed by atoms with van der Waals surface area (Å²) in [6, 6.07) is 0. The van der Waals surface area contributed by atoms with Crippen LogP contribution < -0.4 is 0 Å². The Balaban J connectivity index is 4.27. The molecule has 0 spiro atoms. The van der Waals surface area contributed by atoms with Crippen molar-refractivity contribution in [3.63, 3.8) is 0 Å². The molecule has 0 radical (unpaired) electrons. The first-order chi connectivity index (χ1) is 6.02. The minimum atomic E-state index is -1.59. The predicted molar refractivity (Wildman–Crippen MR) is 67.7 cm³/mol. The van der Waals surface area contributed by atoms with E-state index in [1.807, 2.05) is 0 Å². The van der Waals surface area contributed by atoms with E-state index in [1.54, 1.807) is 0 Å². The van der Waals surface area contributed by atoms with Crippen LogP contribution in [0.15, 0.2) is 0 Å². The number of hydrogen-bond acceptors (Lipinski definition) is 1. The molecule has 0 aliphatic rings. The molecule has 14 heavy (non-hydrogen) atoms. The van der Waals surface area contributed by atoms with Gasteiger partial charge in [-0.15, -0.1) is 11.6 Å². The molecule has 0 aliphatic heterocycles. The van der Waals surface area contributed by atoms with Gasteiger partial charge in [-0.2, -0.15) is 0 Å². The first-order valence-corrected chi connectivity index (χ1v) is 8.66. The highest BCUT2D eigenvalue weighted by molar-refractivity contribution is 6.74. The summed E-state index contributed by atoms with van der Waals surface area (Å²) < 4.78 is 6.10. The first-order valence-electron chi connectivity index (χ1n) is 5.22. The van der Waals surface area contributed by atoms with E-state index in [-0.39, 0.29) is 10.5 Å². The molecule has 86 valence electrons. The topological polar surface area (TPSA) is 9.23 Å². The van der Waals surface area contributed by atoms with Crippen LogP contribution in [0.5, 0.6) is 0 Å². The molecule has 0 fully saturated rings. The van der Waals surface area contributed by atoms with E-state index in [2.05, 4.69) is 47.7 Å². The highest BCUT2D eigenvalue weighted by Gasteiger charge is 2.38. The van der Waals surface area contributed by atoms with Crippen LogP contribution in [-0.2, 0) is 4.43 Å². The van der Waals surface area contributed by atoms with E-state index in [0.29, 0.717) is 5.88 Å². The van der Waals surface area contributed by atoms with E-state index in [1.165, 1.54) is 0 Å². The minimum absolute atomic E-state index is 0.0943. The van der Waals surface area contributed by atoms with Crippen LogP contribution in [0.25, 0.3) is 0 Å². The van der Waals surface area contributed by atoms with Gasteiger partial charge < -0.3 is 4.43 Å². The molecule has 0 rings (SSSR count). The van der Waals surface area contributed by atoms with Gasteiger partial charge in [-0.25, -0.2) is 0 Å². The number of hydrogen-bond donors (Lipinski definition) is 0. The summed E-state index contributed by atoms with van der Waals surface area (Å²) in [5, 5.41) is 0.287. The maximum Gasteiger partial charge on any atom is 0.192 e. The molecule has 0 bridgehead atoms. The quantitative estimate of drug-likeness (QED) is 0.523. The Morgan fingerprint density at radius 3 is 1.79 bits per heavy atom. The van der Waals surface area contributed by atoms with Crippen LogP contribution >= 0.6 is 11.6 Å². The first kappa shape index (κ1) is 14.5. The van der Waals surface area contributed by atoms with Crippen LogP contribution in [0.4, 0.5) is 0 Å². The predicted octanol–water partition coefficient (Wildman–Crippen LogP) is 4.27. The van der Waals surface area contributed by atoms with Crippen molar-refractivity contribution in [2.75, 3.05) is 12.5 Å². The largest absolute Gasteiger partial charge is 0.416 e. The van der Waals surface area contributed by atoms with Crippen LogP contribution in [0, 0.1) is 5.41 Å². The van der Waals surface area contributed by atoms with Gasteiger partial charge in [0, 0.05) is 17.9 Å². The van der Waals surface area contributed by atoms with Crippen molar-refractivity contribution in [3.05, 3.63) is 0 Å². The standard InChI is InChI=1S/C11H25ClOSi/c1-10(2,3)14(6,7)13-9-11(4,5)8-12/h8-9H2,1-7H3. The van der Waals surface area contributed by atoms with Crippen LogP contribution in [0.1, 0.15) is 34.6 Å². The van der Waals surface area contributed by atoms with Gasteiger partial charge in [-0.05, 0) is 18.1 Å². The lowest BCUT2D eigenvalue weighted by Gasteiger charge is -2.38. The van der Waals surface area contributed by atoms with E-state index in [9.17, 15) is 0 Å². The molecule has 0 heterocycles. The fourth-order valence-corrected chi connectivity index (χ4v) is 1.89. The van der Waals surface area contributed by atoms with Crippen LogP contribution in [0.2, 0.25) is 18.1 Å². The second-order valence-electron chi connectivity index (χ2n) is 6.35. The van der Waals surface area contributed by atoms with Crippen molar-refractivity contribution in [1.29, 1.82) is 0 Å². The molecule has 0 N–H and O–H groups in total. The molecule has 0 saturated heterocycles. The summed E-state index contributed by atoms with van der Waals surface area (Å²) in [6.45, 7) is 16.4. The van der Waals surface area contributed by atoms with Crippen molar-refractivity contribution in [3.8, 4) is 0 Å². The van der Waals surface area contributed by atoms with E-state index in [4.69, 9.17) is 16.0 Å². The monoisotopic (exact) mass is 236 g/mol. The molecule has 0 saturated carbocycles. The third-order valence-electron chi connectivity index (χ3n) is 2.99. The van der Waals surface area contributed by atoms with E-state index >= 15 is 0 Å². The van der Waals surface area contributed by atoms with Gasteiger partial charge in [0.1, 0.15) is 0 Å². The Labute approximate surface area is 95.3 Å². The summed E-state index contributed by atoms with van der Waals surface area (Å²) in [7, 11) is -1.59. The fourth-order valence-electron chi connectivity index (χ4n) is 0.631. The van der Waals surface area contributed by atoms with E-state index in [0.717, 1.165) is 6.61 Å². The second-order valence-corrected chi connectivity index (χ2v) is 11.4. The lowest BCUT2D eigenvalue weighted by molar-refractivity contribution is 0.184. The highest BCUT2D eigenvalue weighted by Crippen LogP contribution is 2.37. The van der Waals surface area contributed by atoms with Gasteiger partial charge in [-0.3, -0.25) is 0 Å². The molecule has 0 aromatic heterocycles. The molecular weight excluding hydrogens is 212 g/mol. The zero-order chi connectivity index (χ0) is 11.6. The molecule has 0 atom stereocenters. The smallest absolute Gasteiger partial charge is 0.192 e. The number of rotatable bonds is 4. The van der Waals surface area contributed by atoms with E-state index < -0.39 is 8.32 Å². The summed E-state index contributed by atoms with van der Waals surface area (Å²) in [5.74, 6) is 0.654. The SMILES string of the molecule is CC(C)(CCl)CO[Si](C)(C)C(C)(C)C. The Bertz CT molecular complexity index is 182. The molecule has 0 amide bonds. The third-order valence-corrected chi connectivity index (χ3v) is 8.19. The lowest BCUT2D eigenvalue weighted by Crippen LogP contribution is -2.43. The molecule has 0 unspecified atom stereocenters. The Hall–Kier alpha value is 0.467. The summed E-state index contributed by atoms with van der Waals surface area (Å²) in [5.41, 5.74) is 0.0943. The average Bonchev–Trinajstić information content (AvgIpc) is 1.99. The Kier molecular flexibility index (Phi) is 4.69. The molecular formula is C11H25ClOSi. The number of alkyl halides is 1. The van der Waals surface area contributed by atoms with Gasteiger partial charge in [0.25, 0.3) is 0 Å². The molecule has 0 aliphatic carbocycles. The van der Waals surface area contributed by atoms with Gasteiger partial charge in [0.15, 0.2) is 8.32 Å². The number of halogens is 1. The Morgan fingerprint density at radius 1 is 1.07 bits per heavy atom. The Morgan fingerprint density at radius 2 is 1.50 bits per heavy atom. The minimum Gasteiger partial charge on any atom is -0.416 e. The molecule has 0 aromatic rings. The lowest BCUT2D eigenvalue weighted by atomic mass is 9.99. The normalized spacial score (nSPS) is 14.6. The summed E-state index contributed by atoms with van der Waals surface area (Å²) >= 11 is 5.87. The van der Waals surface area contributed by atoms with Gasteiger partial charge in [-0.1, -0.05) is 34.6 Å². The summed E-state index contributed by atoms with van der Waals surface area (Å²) in [6.07, 6.45) is 0. The average molecular weight is 237 g/mol. The molecule has 0 aromatic carbocycles. The maximum absolute atomic E-state index is 6.10. The van der Waals surface area contributed by atoms with Gasteiger partial charge >= 0.3 is 0 Å². The molecule has 3 heteroatoms. The highest BCUT2D eigenvalue weighted by atomic mass is 35.5. The third kappa shape index (κ3) is 4.33. The zero-order valence-electron chi connectivity index (χ0n) is 10.7. The van der Waals surface area contributed by atoms with Crippen molar-refractivity contribution >= 4 is 19.9 Å². The van der Waals surface area contributed by atoms with Crippen molar-refractivity contribution in [1.82, 2.24) is 0 Å². The van der Waals surface area contributed by atoms with Crippen molar-refractivity contribution in [2.24, 2.45) is 5.41 Å². The van der Waals surface area contributed by atoms with Gasteiger partial charge in [0.05, 0.1) is 0 Å². The van der Waals surface area contributed by atoms with Crippen LogP contribution in [-0.4, -0.2) is 20.8 Å². The molecule has 1 nitrogen and oxygen atoms in total. The fraction of sp³-hybridized carbons (Fsp3) is 1.00.